The van der Waals surface area contributed by atoms with Crippen LogP contribution < -0.4 is 0 Å². The van der Waals surface area contributed by atoms with Crippen molar-refractivity contribution in [2.24, 2.45) is 0 Å². The Hall–Kier alpha value is -0.710. The molecule has 0 bridgehead atoms. The van der Waals surface area contributed by atoms with Gasteiger partial charge >= 0.3 is 0 Å². The molecule has 3 unspecified atom stereocenters. The molecule has 3 atom stereocenters. The highest BCUT2D eigenvalue weighted by Gasteiger charge is 2.36. The van der Waals surface area contributed by atoms with Crippen LogP contribution in [0.5, 0.6) is 0 Å². The molecule has 0 amide bonds. The molecule has 1 fully saturated rings. The molecule has 0 spiro atoms. The summed E-state index contributed by atoms with van der Waals surface area (Å²) in [5, 5.41) is 18.9. The third-order valence-electron chi connectivity index (χ3n) is 4.30. The van der Waals surface area contributed by atoms with Crippen LogP contribution in [-0.4, -0.2) is 40.4 Å². The fraction of sp³-hybridized carbons (Fsp3) is 0.842. The van der Waals surface area contributed by atoms with E-state index in [4.69, 9.17) is 9.84 Å². The number of ether oxygens (including phenoxy) is 1. The van der Waals surface area contributed by atoms with Crippen LogP contribution in [0.1, 0.15) is 78.1 Å². The zero-order valence-electron chi connectivity index (χ0n) is 14.8. The van der Waals surface area contributed by atoms with Gasteiger partial charge in [-0.05, 0) is 13.3 Å². The van der Waals surface area contributed by atoms with E-state index in [1.54, 1.807) is 13.0 Å². The molecule has 0 saturated carbocycles. The lowest BCUT2D eigenvalue weighted by molar-refractivity contribution is -0.122. The molecule has 1 aliphatic rings. The highest BCUT2D eigenvalue weighted by Crippen LogP contribution is 2.29. The number of unbranched alkanes of at least 4 members (excludes halogenated alkanes) is 6. The summed E-state index contributed by atoms with van der Waals surface area (Å²) in [4.78, 5) is 11.5. The van der Waals surface area contributed by atoms with Crippen LogP contribution in [0.4, 0.5) is 0 Å². The van der Waals surface area contributed by atoms with E-state index < -0.39 is 5.60 Å². The maximum Gasteiger partial charge on any atom is 0.138 e. The molecule has 4 heteroatoms. The van der Waals surface area contributed by atoms with E-state index in [1.165, 1.54) is 44.9 Å². The largest absolute Gasteiger partial charge is 0.396 e. The van der Waals surface area contributed by atoms with Gasteiger partial charge in [-0.2, -0.15) is 0 Å². The minimum absolute atomic E-state index is 0.0409. The number of carbonyl (C=O) groups is 1. The van der Waals surface area contributed by atoms with E-state index in [9.17, 15) is 9.90 Å². The Morgan fingerprint density at radius 2 is 1.83 bits per heavy atom. The van der Waals surface area contributed by atoms with Crippen molar-refractivity contribution in [3.63, 3.8) is 0 Å². The molecule has 23 heavy (non-hydrogen) atoms. The summed E-state index contributed by atoms with van der Waals surface area (Å²) in [5.41, 5.74) is -1.15. The number of rotatable bonds is 14. The van der Waals surface area contributed by atoms with E-state index in [-0.39, 0.29) is 37.4 Å². The second kappa shape index (κ2) is 11.0. The van der Waals surface area contributed by atoms with Crippen molar-refractivity contribution in [3.05, 3.63) is 12.2 Å². The van der Waals surface area contributed by atoms with Crippen molar-refractivity contribution in [1.29, 1.82) is 0 Å². The Balaban J connectivity index is 2.09. The van der Waals surface area contributed by atoms with Gasteiger partial charge in [0.15, 0.2) is 0 Å². The van der Waals surface area contributed by atoms with Crippen LogP contribution in [0, 0.1) is 0 Å². The number of hydrogen-bond donors (Lipinski definition) is 2. The molecule has 1 rings (SSSR count). The lowest BCUT2D eigenvalue weighted by Crippen LogP contribution is -2.25. The average molecular weight is 326 g/mol. The lowest BCUT2D eigenvalue weighted by atomic mass is 9.97. The zero-order chi connectivity index (χ0) is 17.1. The van der Waals surface area contributed by atoms with E-state index in [2.05, 4.69) is 6.92 Å². The van der Waals surface area contributed by atoms with Gasteiger partial charge in [-0.3, -0.25) is 4.79 Å². The molecule has 2 N–H and O–H groups in total. The van der Waals surface area contributed by atoms with Gasteiger partial charge < -0.3 is 14.9 Å². The van der Waals surface area contributed by atoms with Crippen molar-refractivity contribution in [2.45, 2.75) is 95.9 Å². The van der Waals surface area contributed by atoms with Gasteiger partial charge in [0.05, 0.1) is 11.7 Å². The SMILES string of the molecule is CCCCCCCCCC1OC1/C=C/C(C)(O)CC(=O)CCO. The Labute approximate surface area is 140 Å². The first kappa shape index (κ1) is 20.3. The number of carbonyl (C=O) groups excluding carboxylic acids is 1. The fourth-order valence-corrected chi connectivity index (χ4v) is 2.83. The van der Waals surface area contributed by atoms with Gasteiger partial charge in [-0.25, -0.2) is 0 Å². The first-order valence-electron chi connectivity index (χ1n) is 9.18. The molecule has 0 aromatic rings. The average Bonchev–Trinajstić information content (AvgIpc) is 3.23. The Bertz CT molecular complexity index is 362. The summed E-state index contributed by atoms with van der Waals surface area (Å²) in [7, 11) is 0. The Morgan fingerprint density at radius 3 is 2.48 bits per heavy atom. The third-order valence-corrected chi connectivity index (χ3v) is 4.30. The van der Waals surface area contributed by atoms with E-state index in [0.717, 1.165) is 6.42 Å². The van der Waals surface area contributed by atoms with Crippen molar-refractivity contribution in [3.8, 4) is 0 Å². The van der Waals surface area contributed by atoms with Crippen LogP contribution in [0.3, 0.4) is 0 Å². The van der Waals surface area contributed by atoms with Crippen molar-refractivity contribution in [2.75, 3.05) is 6.61 Å². The Morgan fingerprint density at radius 1 is 1.17 bits per heavy atom. The Kier molecular flexibility index (Phi) is 9.68. The summed E-state index contributed by atoms with van der Waals surface area (Å²) in [6.45, 7) is 3.69. The molecule has 0 aliphatic carbocycles. The number of Topliss-reactive ketones (excluding diaryl/α,β-unsaturated/α-hetero) is 1. The number of aliphatic hydroxyl groups is 2. The summed E-state index contributed by atoms with van der Waals surface area (Å²) < 4.78 is 5.59. The molecule has 1 aliphatic heterocycles. The van der Waals surface area contributed by atoms with Crippen molar-refractivity contribution >= 4 is 5.78 Å². The number of hydrogen-bond acceptors (Lipinski definition) is 4. The smallest absolute Gasteiger partial charge is 0.138 e. The zero-order valence-corrected chi connectivity index (χ0v) is 14.8. The predicted molar refractivity (Wildman–Crippen MR) is 92.4 cm³/mol. The second-order valence-corrected chi connectivity index (χ2v) is 6.95. The van der Waals surface area contributed by atoms with Gasteiger partial charge in [0, 0.05) is 19.4 Å². The highest BCUT2D eigenvalue weighted by molar-refractivity contribution is 5.79. The van der Waals surface area contributed by atoms with Gasteiger partial charge in [0.25, 0.3) is 0 Å². The summed E-state index contributed by atoms with van der Waals surface area (Å²) >= 11 is 0. The maximum atomic E-state index is 11.5. The van der Waals surface area contributed by atoms with Gasteiger partial charge in [-0.15, -0.1) is 0 Å². The molecular weight excluding hydrogens is 292 g/mol. The predicted octanol–water partition coefficient (Wildman–Crippen LogP) is 3.54. The number of epoxide rings is 1. The molecule has 0 aromatic carbocycles. The monoisotopic (exact) mass is 326 g/mol. The lowest BCUT2D eigenvalue weighted by Gasteiger charge is -2.17. The van der Waals surface area contributed by atoms with Gasteiger partial charge in [0.2, 0.25) is 0 Å². The van der Waals surface area contributed by atoms with Crippen molar-refractivity contribution < 1.29 is 19.7 Å². The van der Waals surface area contributed by atoms with Gasteiger partial charge in [-0.1, -0.05) is 64.0 Å². The summed E-state index contributed by atoms with van der Waals surface area (Å²) in [6.07, 6.45) is 14.3. The number of aliphatic hydroxyl groups excluding tert-OH is 1. The molecule has 1 heterocycles. The van der Waals surface area contributed by atoms with Crippen LogP contribution in [0.25, 0.3) is 0 Å². The second-order valence-electron chi connectivity index (χ2n) is 6.95. The topological polar surface area (TPSA) is 70.1 Å². The van der Waals surface area contributed by atoms with Crippen LogP contribution in [-0.2, 0) is 9.53 Å². The highest BCUT2D eigenvalue weighted by atomic mass is 16.6. The summed E-state index contributed by atoms with van der Waals surface area (Å²) in [5.74, 6) is -0.126. The van der Waals surface area contributed by atoms with Crippen LogP contribution in [0.2, 0.25) is 0 Å². The molecule has 0 radical (unpaired) electrons. The van der Waals surface area contributed by atoms with Crippen molar-refractivity contribution in [1.82, 2.24) is 0 Å². The minimum atomic E-state index is -1.15. The van der Waals surface area contributed by atoms with Crippen LogP contribution in [0.15, 0.2) is 12.2 Å². The fourth-order valence-electron chi connectivity index (χ4n) is 2.83. The normalized spacial score (nSPS) is 23.1. The molecule has 134 valence electrons. The first-order valence-corrected chi connectivity index (χ1v) is 9.18. The van der Waals surface area contributed by atoms with E-state index in [1.807, 2.05) is 6.08 Å². The first-order chi connectivity index (χ1) is 11.0. The van der Waals surface area contributed by atoms with Crippen LogP contribution >= 0.6 is 0 Å². The standard InChI is InChI=1S/C19H34O4/c1-3-4-5-6-7-8-9-10-17-18(23-17)11-13-19(2,22)15-16(21)12-14-20/h11,13,17-18,20,22H,3-10,12,14-15H2,1-2H3/b13-11+. The molecule has 0 aromatic heterocycles. The quantitative estimate of drug-likeness (QED) is 0.291. The third kappa shape index (κ3) is 9.90. The number of ketones is 1. The maximum absolute atomic E-state index is 11.5. The van der Waals surface area contributed by atoms with E-state index in [0.29, 0.717) is 0 Å². The molecule has 1 saturated heterocycles. The summed E-state index contributed by atoms with van der Waals surface area (Å²) in [6, 6.07) is 0. The minimum Gasteiger partial charge on any atom is -0.396 e. The van der Waals surface area contributed by atoms with E-state index >= 15 is 0 Å². The molecular formula is C19H34O4. The molecule has 4 nitrogen and oxygen atoms in total. The van der Waals surface area contributed by atoms with Gasteiger partial charge in [0.1, 0.15) is 11.9 Å².